The lowest BCUT2D eigenvalue weighted by Gasteiger charge is -2.24. The minimum atomic E-state index is 0.609. The Hall–Kier alpha value is -0.690. The maximum atomic E-state index is 5.78. The van der Waals surface area contributed by atoms with E-state index in [1.807, 2.05) is 0 Å². The van der Waals surface area contributed by atoms with Gasteiger partial charge in [-0.2, -0.15) is 0 Å². The van der Waals surface area contributed by atoms with Gasteiger partial charge in [0.25, 0.3) is 0 Å². The molecular weight excluding hydrogens is 206 g/mol. The molecule has 0 aromatic heterocycles. The number of hydrogen-bond acceptors (Lipinski definition) is 1. The number of hydrogen-bond donors (Lipinski definition) is 0. The standard InChI is InChI=1S/C13H18ClN/c1-2-9-15(13-7-8-13)12-5-3-11(10-14)4-6-12/h3-6,13H,2,7-10H2,1H3. The van der Waals surface area contributed by atoms with Gasteiger partial charge in [-0.15, -0.1) is 11.6 Å². The molecule has 2 rings (SSSR count). The SMILES string of the molecule is CCCN(c1ccc(CCl)cc1)C1CC1. The number of alkyl halides is 1. The van der Waals surface area contributed by atoms with Gasteiger partial charge in [0.05, 0.1) is 0 Å². The van der Waals surface area contributed by atoms with Crippen molar-refractivity contribution in [3.8, 4) is 0 Å². The van der Waals surface area contributed by atoms with Crippen LogP contribution in [0.5, 0.6) is 0 Å². The summed E-state index contributed by atoms with van der Waals surface area (Å²) in [7, 11) is 0. The highest BCUT2D eigenvalue weighted by molar-refractivity contribution is 6.17. The van der Waals surface area contributed by atoms with Gasteiger partial charge >= 0.3 is 0 Å². The van der Waals surface area contributed by atoms with E-state index >= 15 is 0 Å². The van der Waals surface area contributed by atoms with E-state index in [1.165, 1.54) is 37.1 Å². The van der Waals surface area contributed by atoms with Crippen molar-refractivity contribution >= 4 is 17.3 Å². The summed E-state index contributed by atoms with van der Waals surface area (Å²) in [4.78, 5) is 2.53. The summed E-state index contributed by atoms with van der Waals surface area (Å²) in [6.45, 7) is 3.41. The molecule has 1 aliphatic carbocycles. The third-order valence-corrected chi connectivity index (χ3v) is 3.18. The predicted octanol–water partition coefficient (Wildman–Crippen LogP) is 3.80. The third kappa shape index (κ3) is 2.66. The van der Waals surface area contributed by atoms with Crippen LogP contribution in [0.1, 0.15) is 31.7 Å². The molecule has 0 radical (unpaired) electrons. The van der Waals surface area contributed by atoms with Crippen LogP contribution >= 0.6 is 11.6 Å². The minimum Gasteiger partial charge on any atom is -0.369 e. The summed E-state index contributed by atoms with van der Waals surface area (Å²) in [5, 5.41) is 0. The Balaban J connectivity index is 2.10. The molecule has 1 saturated carbocycles. The molecule has 1 aliphatic rings. The van der Waals surface area contributed by atoms with Crippen molar-refractivity contribution in [2.24, 2.45) is 0 Å². The van der Waals surface area contributed by atoms with E-state index in [0.29, 0.717) is 5.88 Å². The van der Waals surface area contributed by atoms with Gasteiger partial charge in [-0.25, -0.2) is 0 Å². The molecule has 82 valence electrons. The molecule has 0 unspecified atom stereocenters. The van der Waals surface area contributed by atoms with Crippen molar-refractivity contribution in [3.05, 3.63) is 29.8 Å². The fourth-order valence-electron chi connectivity index (χ4n) is 1.93. The first-order valence-corrected chi connectivity index (χ1v) is 6.30. The van der Waals surface area contributed by atoms with Crippen LogP contribution in [-0.4, -0.2) is 12.6 Å². The summed E-state index contributed by atoms with van der Waals surface area (Å²) in [6.07, 6.45) is 3.93. The van der Waals surface area contributed by atoms with Crippen LogP contribution in [0.2, 0.25) is 0 Å². The largest absolute Gasteiger partial charge is 0.369 e. The van der Waals surface area contributed by atoms with Gasteiger partial charge in [0, 0.05) is 24.2 Å². The van der Waals surface area contributed by atoms with Crippen molar-refractivity contribution in [1.29, 1.82) is 0 Å². The average molecular weight is 224 g/mol. The van der Waals surface area contributed by atoms with E-state index in [4.69, 9.17) is 11.6 Å². The molecule has 1 fully saturated rings. The van der Waals surface area contributed by atoms with Gasteiger partial charge in [0.1, 0.15) is 0 Å². The monoisotopic (exact) mass is 223 g/mol. The van der Waals surface area contributed by atoms with Crippen molar-refractivity contribution in [2.75, 3.05) is 11.4 Å². The Kier molecular flexibility index (Phi) is 3.53. The lowest BCUT2D eigenvalue weighted by atomic mass is 10.2. The molecule has 0 amide bonds. The van der Waals surface area contributed by atoms with E-state index in [2.05, 4.69) is 36.1 Å². The van der Waals surface area contributed by atoms with Crippen LogP contribution in [-0.2, 0) is 5.88 Å². The van der Waals surface area contributed by atoms with Crippen LogP contribution in [0.25, 0.3) is 0 Å². The van der Waals surface area contributed by atoms with Crippen LogP contribution in [0.4, 0.5) is 5.69 Å². The molecular formula is C13H18ClN. The van der Waals surface area contributed by atoms with Gasteiger partial charge in [-0.1, -0.05) is 19.1 Å². The predicted molar refractivity (Wildman–Crippen MR) is 66.7 cm³/mol. The lowest BCUT2D eigenvalue weighted by molar-refractivity contribution is 0.763. The second kappa shape index (κ2) is 4.89. The summed E-state index contributed by atoms with van der Waals surface area (Å²) < 4.78 is 0. The van der Waals surface area contributed by atoms with Gasteiger partial charge in [-0.3, -0.25) is 0 Å². The number of anilines is 1. The van der Waals surface area contributed by atoms with Crippen LogP contribution in [0, 0.1) is 0 Å². The first kappa shape index (κ1) is 10.8. The summed E-state index contributed by atoms with van der Waals surface area (Å²) in [5.74, 6) is 0.609. The zero-order chi connectivity index (χ0) is 10.7. The zero-order valence-electron chi connectivity index (χ0n) is 9.25. The molecule has 1 aromatic rings. The summed E-state index contributed by atoms with van der Waals surface area (Å²) in [5.41, 5.74) is 2.56. The molecule has 0 aliphatic heterocycles. The van der Waals surface area contributed by atoms with Crippen LogP contribution in [0.3, 0.4) is 0 Å². The van der Waals surface area contributed by atoms with Gasteiger partial charge < -0.3 is 4.90 Å². The number of nitrogens with zero attached hydrogens (tertiary/aromatic N) is 1. The zero-order valence-corrected chi connectivity index (χ0v) is 10.0. The summed E-state index contributed by atoms with van der Waals surface area (Å²) >= 11 is 5.78. The molecule has 2 heteroatoms. The number of benzene rings is 1. The molecule has 0 heterocycles. The Morgan fingerprint density at radius 2 is 1.93 bits per heavy atom. The Morgan fingerprint density at radius 3 is 2.40 bits per heavy atom. The topological polar surface area (TPSA) is 3.24 Å². The highest BCUT2D eigenvalue weighted by atomic mass is 35.5. The van der Waals surface area contributed by atoms with Crippen LogP contribution < -0.4 is 4.90 Å². The van der Waals surface area contributed by atoms with E-state index in [1.54, 1.807) is 0 Å². The molecule has 0 N–H and O–H groups in total. The van der Waals surface area contributed by atoms with Crippen molar-refractivity contribution in [3.63, 3.8) is 0 Å². The van der Waals surface area contributed by atoms with E-state index < -0.39 is 0 Å². The van der Waals surface area contributed by atoms with Gasteiger partial charge in [-0.05, 0) is 37.0 Å². The number of halogens is 1. The highest BCUT2D eigenvalue weighted by Gasteiger charge is 2.28. The van der Waals surface area contributed by atoms with Crippen LogP contribution in [0.15, 0.2) is 24.3 Å². The second-order valence-corrected chi connectivity index (χ2v) is 4.49. The molecule has 0 spiro atoms. The Labute approximate surface area is 97.0 Å². The Bertz CT molecular complexity index is 303. The maximum absolute atomic E-state index is 5.78. The van der Waals surface area contributed by atoms with Crippen molar-refractivity contribution in [1.82, 2.24) is 0 Å². The first-order valence-electron chi connectivity index (χ1n) is 5.76. The highest BCUT2D eigenvalue weighted by Crippen LogP contribution is 2.31. The molecule has 0 bridgehead atoms. The third-order valence-electron chi connectivity index (χ3n) is 2.87. The molecule has 0 saturated heterocycles. The maximum Gasteiger partial charge on any atom is 0.0474 e. The van der Waals surface area contributed by atoms with Gasteiger partial charge in [0.2, 0.25) is 0 Å². The van der Waals surface area contributed by atoms with E-state index in [9.17, 15) is 0 Å². The van der Waals surface area contributed by atoms with Crippen molar-refractivity contribution in [2.45, 2.75) is 38.1 Å². The van der Waals surface area contributed by atoms with E-state index in [0.717, 1.165) is 6.04 Å². The van der Waals surface area contributed by atoms with E-state index in [-0.39, 0.29) is 0 Å². The second-order valence-electron chi connectivity index (χ2n) is 4.22. The quantitative estimate of drug-likeness (QED) is 0.687. The number of rotatable bonds is 5. The minimum absolute atomic E-state index is 0.609. The smallest absolute Gasteiger partial charge is 0.0474 e. The first-order chi connectivity index (χ1) is 7.35. The fraction of sp³-hybridized carbons (Fsp3) is 0.538. The molecule has 1 nitrogen and oxygen atoms in total. The lowest BCUT2D eigenvalue weighted by Crippen LogP contribution is -2.26. The summed E-state index contributed by atoms with van der Waals surface area (Å²) in [6, 6.07) is 9.46. The molecule has 0 atom stereocenters. The Morgan fingerprint density at radius 1 is 1.27 bits per heavy atom. The van der Waals surface area contributed by atoms with Crippen molar-refractivity contribution < 1.29 is 0 Å². The fourth-order valence-corrected chi connectivity index (χ4v) is 2.10. The molecule has 15 heavy (non-hydrogen) atoms. The normalized spacial score (nSPS) is 15.3. The van der Waals surface area contributed by atoms with Gasteiger partial charge in [0.15, 0.2) is 0 Å². The molecule has 1 aromatic carbocycles. The average Bonchev–Trinajstić information content (AvgIpc) is 3.10.